The highest BCUT2D eigenvalue weighted by Gasteiger charge is 2.57. The standard InChI is InChI=1S/C24H26F3N7OS/c1-33-21(19-13-29-18(12-30-19)20(28)35)31-32-22(33)36-10-2-8-34-9-7-23(14-34)11-17(23)15-3-5-16(6-4-15)24(25,26)27/h3-6,12-13,17H,2,7-11,14H2,1H3,(H2,28,35). The second-order valence-electron chi connectivity index (χ2n) is 9.48. The summed E-state index contributed by atoms with van der Waals surface area (Å²) in [7, 11) is 1.86. The average Bonchev–Trinajstić information content (AvgIpc) is 3.20. The predicted octanol–water partition coefficient (Wildman–Crippen LogP) is 3.75. The largest absolute Gasteiger partial charge is 0.416 e. The Bertz CT molecular complexity index is 1250. The van der Waals surface area contributed by atoms with Crippen LogP contribution in [0.5, 0.6) is 0 Å². The molecule has 5 rings (SSSR count). The van der Waals surface area contributed by atoms with E-state index in [2.05, 4.69) is 25.1 Å². The number of carbonyl (C=O) groups excluding carboxylic acids is 1. The molecule has 190 valence electrons. The van der Waals surface area contributed by atoms with Crippen LogP contribution in [0.2, 0.25) is 0 Å². The van der Waals surface area contributed by atoms with Crippen LogP contribution in [0.4, 0.5) is 13.2 Å². The molecule has 0 bridgehead atoms. The Morgan fingerprint density at radius 2 is 1.97 bits per heavy atom. The third-order valence-corrected chi connectivity index (χ3v) is 8.22. The number of rotatable bonds is 8. The maximum Gasteiger partial charge on any atom is 0.416 e. The van der Waals surface area contributed by atoms with Crippen LogP contribution in [0.25, 0.3) is 11.5 Å². The Balaban J connectivity index is 1.09. The van der Waals surface area contributed by atoms with Gasteiger partial charge in [0.15, 0.2) is 11.0 Å². The van der Waals surface area contributed by atoms with Crippen LogP contribution in [0.15, 0.2) is 41.8 Å². The molecule has 1 aliphatic heterocycles. The lowest BCUT2D eigenvalue weighted by atomic mass is 9.97. The topological polar surface area (TPSA) is 103 Å². The summed E-state index contributed by atoms with van der Waals surface area (Å²) in [5, 5.41) is 9.22. The number of thioether (sulfide) groups is 1. The fourth-order valence-corrected chi connectivity index (χ4v) is 5.87. The van der Waals surface area contributed by atoms with Crippen LogP contribution in [0, 0.1) is 5.41 Å². The van der Waals surface area contributed by atoms with Gasteiger partial charge in [-0.05, 0) is 61.4 Å². The van der Waals surface area contributed by atoms with Crippen LogP contribution in [0.3, 0.4) is 0 Å². The normalized spacial score (nSPS) is 21.8. The summed E-state index contributed by atoms with van der Waals surface area (Å²) >= 11 is 1.62. The molecule has 3 heterocycles. The van der Waals surface area contributed by atoms with Crippen LogP contribution in [-0.2, 0) is 13.2 Å². The summed E-state index contributed by atoms with van der Waals surface area (Å²) in [5.74, 6) is 1.16. The van der Waals surface area contributed by atoms with Crippen molar-refractivity contribution in [3.63, 3.8) is 0 Å². The molecule has 1 aliphatic carbocycles. The fourth-order valence-electron chi connectivity index (χ4n) is 5.04. The first-order valence-electron chi connectivity index (χ1n) is 11.7. The van der Waals surface area contributed by atoms with E-state index in [-0.39, 0.29) is 11.1 Å². The first-order valence-corrected chi connectivity index (χ1v) is 12.7. The summed E-state index contributed by atoms with van der Waals surface area (Å²) in [6.07, 6.45) is 1.62. The van der Waals surface area contributed by atoms with Gasteiger partial charge in [0.25, 0.3) is 5.91 Å². The molecule has 2 aromatic heterocycles. The minimum absolute atomic E-state index is 0.0936. The molecule has 3 aromatic rings. The van der Waals surface area contributed by atoms with Crippen LogP contribution in [-0.4, -0.2) is 60.9 Å². The molecular weight excluding hydrogens is 491 g/mol. The van der Waals surface area contributed by atoms with Crippen molar-refractivity contribution < 1.29 is 18.0 Å². The number of nitrogens with zero attached hydrogens (tertiary/aromatic N) is 6. The van der Waals surface area contributed by atoms with Gasteiger partial charge in [0.1, 0.15) is 11.4 Å². The van der Waals surface area contributed by atoms with E-state index >= 15 is 0 Å². The number of aromatic nitrogens is 5. The second kappa shape index (κ2) is 9.47. The molecular formula is C24H26F3N7OS. The Morgan fingerprint density at radius 1 is 1.19 bits per heavy atom. The summed E-state index contributed by atoms with van der Waals surface area (Å²) in [5.41, 5.74) is 6.46. The molecule has 2 fully saturated rings. The van der Waals surface area contributed by atoms with Crippen molar-refractivity contribution in [1.82, 2.24) is 29.6 Å². The van der Waals surface area contributed by atoms with Crippen molar-refractivity contribution in [2.45, 2.75) is 36.5 Å². The van der Waals surface area contributed by atoms with E-state index in [0.29, 0.717) is 17.4 Å². The van der Waals surface area contributed by atoms with Crippen molar-refractivity contribution in [1.29, 1.82) is 0 Å². The summed E-state index contributed by atoms with van der Waals surface area (Å²) in [4.78, 5) is 21.8. The zero-order valence-electron chi connectivity index (χ0n) is 19.7. The minimum atomic E-state index is -4.29. The lowest BCUT2D eigenvalue weighted by Crippen LogP contribution is -2.23. The molecule has 2 aliphatic rings. The van der Waals surface area contributed by atoms with Crippen molar-refractivity contribution in [3.05, 3.63) is 53.5 Å². The van der Waals surface area contributed by atoms with Gasteiger partial charge in [-0.15, -0.1) is 10.2 Å². The van der Waals surface area contributed by atoms with Gasteiger partial charge < -0.3 is 15.2 Å². The van der Waals surface area contributed by atoms with Crippen LogP contribution in [0.1, 0.15) is 46.8 Å². The van der Waals surface area contributed by atoms with Crippen molar-refractivity contribution in [3.8, 4) is 11.5 Å². The molecule has 1 saturated heterocycles. The smallest absolute Gasteiger partial charge is 0.364 e. The summed E-state index contributed by atoms with van der Waals surface area (Å²) in [6.45, 7) is 2.99. The highest BCUT2D eigenvalue weighted by molar-refractivity contribution is 7.99. The number of hydrogen-bond acceptors (Lipinski definition) is 7. The van der Waals surface area contributed by atoms with Gasteiger partial charge in [0.05, 0.1) is 18.0 Å². The van der Waals surface area contributed by atoms with Gasteiger partial charge in [-0.1, -0.05) is 23.9 Å². The number of carbonyl (C=O) groups is 1. The maximum atomic E-state index is 12.8. The molecule has 2 N–H and O–H groups in total. The molecule has 8 nitrogen and oxygen atoms in total. The van der Waals surface area contributed by atoms with E-state index in [9.17, 15) is 18.0 Å². The Hall–Kier alpha value is -2.99. The summed E-state index contributed by atoms with van der Waals surface area (Å²) < 4.78 is 40.4. The zero-order valence-corrected chi connectivity index (χ0v) is 20.5. The number of halogens is 3. The van der Waals surface area contributed by atoms with Gasteiger partial charge in [0.2, 0.25) is 0 Å². The van der Waals surface area contributed by atoms with Crippen molar-refractivity contribution in [2.24, 2.45) is 18.2 Å². The highest BCUT2D eigenvalue weighted by atomic mass is 32.2. The van der Waals surface area contributed by atoms with E-state index in [1.54, 1.807) is 23.9 Å². The quantitative estimate of drug-likeness (QED) is 0.359. The Kier molecular flexibility index (Phi) is 6.50. The van der Waals surface area contributed by atoms with Gasteiger partial charge in [-0.25, -0.2) is 9.97 Å². The van der Waals surface area contributed by atoms with E-state index in [1.165, 1.54) is 24.5 Å². The number of hydrogen-bond donors (Lipinski definition) is 1. The second-order valence-corrected chi connectivity index (χ2v) is 10.5. The number of amides is 1. The molecule has 2 unspecified atom stereocenters. The third kappa shape index (κ3) is 4.96. The molecule has 1 spiro atoms. The van der Waals surface area contributed by atoms with Gasteiger partial charge >= 0.3 is 6.18 Å². The number of benzene rings is 1. The first-order chi connectivity index (χ1) is 17.2. The SMILES string of the molecule is Cn1c(SCCCN2CCC3(CC3c3ccc(C(F)(F)F)cc3)C2)nnc1-c1cnc(C(N)=O)cn1. The number of alkyl halides is 3. The zero-order chi connectivity index (χ0) is 25.5. The molecule has 2 atom stereocenters. The average molecular weight is 518 g/mol. The monoisotopic (exact) mass is 517 g/mol. The number of likely N-dealkylation sites (tertiary alicyclic amines) is 1. The Labute approximate surface area is 210 Å². The van der Waals surface area contributed by atoms with Gasteiger partial charge in [0, 0.05) is 19.3 Å². The molecule has 1 amide bonds. The molecule has 1 saturated carbocycles. The predicted molar refractivity (Wildman–Crippen MR) is 128 cm³/mol. The fraction of sp³-hybridized carbons (Fsp3) is 0.458. The van der Waals surface area contributed by atoms with Gasteiger partial charge in [-0.3, -0.25) is 4.79 Å². The molecule has 36 heavy (non-hydrogen) atoms. The van der Waals surface area contributed by atoms with Crippen LogP contribution >= 0.6 is 11.8 Å². The van der Waals surface area contributed by atoms with Crippen molar-refractivity contribution in [2.75, 3.05) is 25.4 Å². The van der Waals surface area contributed by atoms with Crippen molar-refractivity contribution >= 4 is 17.7 Å². The van der Waals surface area contributed by atoms with E-state index < -0.39 is 17.6 Å². The van der Waals surface area contributed by atoms with Crippen LogP contribution < -0.4 is 5.73 Å². The Morgan fingerprint density at radius 3 is 2.64 bits per heavy atom. The number of primary amides is 1. The number of nitrogens with two attached hydrogens (primary N) is 1. The minimum Gasteiger partial charge on any atom is -0.364 e. The maximum absolute atomic E-state index is 12.8. The lowest BCUT2D eigenvalue weighted by Gasteiger charge is -2.16. The molecule has 0 radical (unpaired) electrons. The first kappa shape index (κ1) is 24.7. The van der Waals surface area contributed by atoms with Gasteiger partial charge in [-0.2, -0.15) is 13.2 Å². The lowest BCUT2D eigenvalue weighted by molar-refractivity contribution is -0.137. The molecule has 12 heteroatoms. The van der Waals surface area contributed by atoms with E-state index in [0.717, 1.165) is 55.4 Å². The third-order valence-electron chi connectivity index (χ3n) is 7.11. The highest BCUT2D eigenvalue weighted by Crippen LogP contribution is 2.64. The van der Waals surface area contributed by atoms with E-state index in [1.807, 2.05) is 11.6 Å². The molecule has 1 aromatic carbocycles. The van der Waals surface area contributed by atoms with E-state index in [4.69, 9.17) is 5.73 Å². The summed E-state index contributed by atoms with van der Waals surface area (Å²) in [6, 6.07) is 5.69.